The number of rotatable bonds is 4. The maximum absolute atomic E-state index is 5.94. The fraction of sp³-hybridized carbons (Fsp3) is 0.692. The third kappa shape index (κ3) is 3.58. The predicted octanol–water partition coefficient (Wildman–Crippen LogP) is 4.52. The molecule has 3 nitrogen and oxygen atoms in total. The summed E-state index contributed by atoms with van der Waals surface area (Å²) in [5.41, 5.74) is 0. The first kappa shape index (κ1) is 14.1. The largest absolute Gasteiger partial charge is 0.369 e. The Morgan fingerprint density at radius 2 is 1.94 bits per heavy atom. The van der Waals surface area contributed by atoms with Crippen LogP contribution in [0.5, 0.6) is 0 Å². The van der Waals surface area contributed by atoms with Crippen LogP contribution in [0.25, 0.3) is 0 Å². The second-order valence-electron chi connectivity index (χ2n) is 5.00. The van der Waals surface area contributed by atoms with E-state index in [1.165, 1.54) is 38.4 Å². The molecule has 1 aliphatic carbocycles. The van der Waals surface area contributed by atoms with Crippen LogP contribution >= 0.6 is 27.5 Å². The van der Waals surface area contributed by atoms with Crippen LogP contribution in [0.2, 0.25) is 5.15 Å². The molecule has 1 heterocycles. The molecular formula is C13H19BrClN3. The van der Waals surface area contributed by atoms with Crippen molar-refractivity contribution in [1.29, 1.82) is 0 Å². The van der Waals surface area contributed by atoms with E-state index in [0.717, 1.165) is 28.7 Å². The van der Waals surface area contributed by atoms with E-state index < -0.39 is 0 Å². The van der Waals surface area contributed by atoms with Gasteiger partial charge in [-0.15, -0.1) is 0 Å². The van der Waals surface area contributed by atoms with E-state index in [2.05, 4.69) is 38.1 Å². The fourth-order valence-electron chi connectivity index (χ4n) is 2.56. The highest BCUT2D eigenvalue weighted by molar-refractivity contribution is 9.10. The number of anilines is 1. The van der Waals surface area contributed by atoms with Crippen molar-refractivity contribution in [3.8, 4) is 0 Å². The Balaban J connectivity index is 1.83. The highest BCUT2D eigenvalue weighted by Gasteiger charge is 2.20. The summed E-state index contributed by atoms with van der Waals surface area (Å²) >= 11 is 9.34. The minimum atomic E-state index is 0.460. The van der Waals surface area contributed by atoms with Gasteiger partial charge in [-0.05, 0) is 40.6 Å². The first-order valence-electron chi connectivity index (χ1n) is 6.60. The molecule has 0 bridgehead atoms. The highest BCUT2D eigenvalue weighted by atomic mass is 79.9. The van der Waals surface area contributed by atoms with Crippen molar-refractivity contribution in [1.82, 2.24) is 9.97 Å². The summed E-state index contributed by atoms with van der Waals surface area (Å²) in [5.74, 6) is 2.50. The molecule has 5 heteroatoms. The smallest absolute Gasteiger partial charge is 0.148 e. The van der Waals surface area contributed by atoms with Gasteiger partial charge < -0.3 is 5.32 Å². The van der Waals surface area contributed by atoms with Crippen molar-refractivity contribution >= 4 is 33.3 Å². The van der Waals surface area contributed by atoms with E-state index in [-0.39, 0.29) is 0 Å². The normalized spacial score (nSPS) is 23.9. The second-order valence-corrected chi connectivity index (χ2v) is 6.15. The van der Waals surface area contributed by atoms with Crippen molar-refractivity contribution in [2.24, 2.45) is 11.8 Å². The van der Waals surface area contributed by atoms with E-state index in [1.54, 1.807) is 0 Å². The van der Waals surface area contributed by atoms with Crippen LogP contribution < -0.4 is 5.32 Å². The van der Waals surface area contributed by atoms with Crippen LogP contribution in [0.1, 0.15) is 39.0 Å². The molecule has 1 aromatic heterocycles. The SMILES string of the molecule is CCC1CCC(CNc2ncnc(Cl)c2Br)CC1. The Hall–Kier alpha value is -0.350. The summed E-state index contributed by atoms with van der Waals surface area (Å²) in [6.07, 6.45) is 8.20. The van der Waals surface area contributed by atoms with Crippen LogP contribution in [-0.4, -0.2) is 16.5 Å². The summed E-state index contributed by atoms with van der Waals surface area (Å²) in [5, 5.41) is 3.83. The summed E-state index contributed by atoms with van der Waals surface area (Å²) in [6, 6.07) is 0. The van der Waals surface area contributed by atoms with Crippen molar-refractivity contribution < 1.29 is 0 Å². The molecule has 0 unspecified atom stereocenters. The Morgan fingerprint density at radius 1 is 1.28 bits per heavy atom. The molecule has 0 aliphatic heterocycles. The monoisotopic (exact) mass is 331 g/mol. The summed E-state index contributed by atoms with van der Waals surface area (Å²) in [4.78, 5) is 8.12. The number of nitrogens with zero attached hydrogens (tertiary/aromatic N) is 2. The van der Waals surface area contributed by atoms with Gasteiger partial charge in [-0.1, -0.05) is 37.8 Å². The zero-order chi connectivity index (χ0) is 13.0. The zero-order valence-electron chi connectivity index (χ0n) is 10.6. The van der Waals surface area contributed by atoms with Crippen LogP contribution in [0.4, 0.5) is 5.82 Å². The molecule has 1 aromatic rings. The molecule has 18 heavy (non-hydrogen) atoms. The van der Waals surface area contributed by atoms with Gasteiger partial charge in [0.05, 0.1) is 4.47 Å². The molecule has 0 amide bonds. The number of halogens is 2. The standard InChI is InChI=1S/C13H19BrClN3/c1-2-9-3-5-10(6-4-9)7-16-13-11(14)12(15)17-8-18-13/h8-10H,2-7H2,1H3,(H,16,17,18). The lowest BCUT2D eigenvalue weighted by molar-refractivity contribution is 0.278. The summed E-state index contributed by atoms with van der Waals surface area (Å²) in [7, 11) is 0. The molecule has 0 aromatic carbocycles. The van der Waals surface area contributed by atoms with E-state index in [9.17, 15) is 0 Å². The van der Waals surface area contributed by atoms with Crippen molar-refractivity contribution in [2.45, 2.75) is 39.0 Å². The Bertz CT molecular complexity index is 392. The topological polar surface area (TPSA) is 37.8 Å². The molecular weight excluding hydrogens is 314 g/mol. The molecule has 0 atom stereocenters. The average Bonchev–Trinajstić information content (AvgIpc) is 2.41. The molecule has 1 saturated carbocycles. The van der Waals surface area contributed by atoms with Gasteiger partial charge in [-0.3, -0.25) is 0 Å². The maximum atomic E-state index is 5.94. The van der Waals surface area contributed by atoms with Crippen LogP contribution in [0, 0.1) is 11.8 Å². The fourth-order valence-corrected chi connectivity index (χ4v) is 3.03. The maximum Gasteiger partial charge on any atom is 0.148 e. The minimum absolute atomic E-state index is 0.460. The lowest BCUT2D eigenvalue weighted by Gasteiger charge is -2.28. The average molecular weight is 333 g/mol. The van der Waals surface area contributed by atoms with Gasteiger partial charge >= 0.3 is 0 Å². The van der Waals surface area contributed by atoms with E-state index in [0.29, 0.717) is 5.15 Å². The van der Waals surface area contributed by atoms with Gasteiger partial charge in [-0.25, -0.2) is 9.97 Å². The number of hydrogen-bond donors (Lipinski definition) is 1. The predicted molar refractivity (Wildman–Crippen MR) is 79.0 cm³/mol. The van der Waals surface area contributed by atoms with E-state index in [1.807, 2.05) is 0 Å². The van der Waals surface area contributed by atoms with Gasteiger partial charge in [0.2, 0.25) is 0 Å². The van der Waals surface area contributed by atoms with Gasteiger partial charge in [0.15, 0.2) is 0 Å². The minimum Gasteiger partial charge on any atom is -0.369 e. The van der Waals surface area contributed by atoms with Crippen LogP contribution in [0.15, 0.2) is 10.8 Å². The number of hydrogen-bond acceptors (Lipinski definition) is 3. The van der Waals surface area contributed by atoms with E-state index >= 15 is 0 Å². The molecule has 1 N–H and O–H groups in total. The third-order valence-electron chi connectivity index (χ3n) is 3.85. The van der Waals surface area contributed by atoms with Crippen LogP contribution in [0.3, 0.4) is 0 Å². The lowest BCUT2D eigenvalue weighted by atomic mass is 9.81. The molecule has 0 radical (unpaired) electrons. The van der Waals surface area contributed by atoms with Crippen LogP contribution in [-0.2, 0) is 0 Å². The molecule has 0 spiro atoms. The zero-order valence-corrected chi connectivity index (χ0v) is 13.0. The number of aromatic nitrogens is 2. The third-order valence-corrected chi connectivity index (χ3v) is 5.11. The van der Waals surface area contributed by atoms with Gasteiger partial charge in [-0.2, -0.15) is 0 Å². The molecule has 0 saturated heterocycles. The highest BCUT2D eigenvalue weighted by Crippen LogP contribution is 2.31. The summed E-state index contributed by atoms with van der Waals surface area (Å²) in [6.45, 7) is 3.27. The first-order chi connectivity index (χ1) is 8.70. The number of nitrogens with one attached hydrogen (secondary N) is 1. The van der Waals surface area contributed by atoms with Crippen molar-refractivity contribution in [3.63, 3.8) is 0 Å². The Labute approximate surface area is 122 Å². The van der Waals surface area contributed by atoms with Gasteiger partial charge in [0.1, 0.15) is 17.3 Å². The Morgan fingerprint density at radius 3 is 2.61 bits per heavy atom. The molecule has 100 valence electrons. The van der Waals surface area contributed by atoms with Gasteiger partial charge in [0, 0.05) is 6.54 Å². The molecule has 2 rings (SSSR count). The van der Waals surface area contributed by atoms with Crippen molar-refractivity contribution in [2.75, 3.05) is 11.9 Å². The van der Waals surface area contributed by atoms with Gasteiger partial charge in [0.25, 0.3) is 0 Å². The second kappa shape index (κ2) is 6.71. The summed E-state index contributed by atoms with van der Waals surface area (Å²) < 4.78 is 0.758. The Kier molecular flexibility index (Phi) is 5.25. The van der Waals surface area contributed by atoms with Crippen molar-refractivity contribution in [3.05, 3.63) is 16.0 Å². The van der Waals surface area contributed by atoms with E-state index in [4.69, 9.17) is 11.6 Å². The molecule has 1 aliphatic rings. The first-order valence-corrected chi connectivity index (χ1v) is 7.77. The molecule has 1 fully saturated rings. The lowest BCUT2D eigenvalue weighted by Crippen LogP contribution is -2.21. The quantitative estimate of drug-likeness (QED) is 0.824.